The zero-order chi connectivity index (χ0) is 18.4. The molecule has 2 aromatic carbocycles. The summed E-state index contributed by atoms with van der Waals surface area (Å²) < 4.78 is 11.0. The molecule has 3 aromatic rings. The Balaban J connectivity index is 1.64. The number of furan rings is 1. The Labute approximate surface area is 151 Å². The van der Waals surface area contributed by atoms with Crippen molar-refractivity contribution in [3.63, 3.8) is 0 Å². The number of hydrogen-bond acceptors (Lipinski definition) is 4. The Bertz CT molecular complexity index is 859. The molecule has 0 bridgehead atoms. The second kappa shape index (κ2) is 7.76. The number of benzene rings is 2. The first kappa shape index (κ1) is 17.6. The summed E-state index contributed by atoms with van der Waals surface area (Å²) in [5.74, 6) is 2.05. The van der Waals surface area contributed by atoms with Crippen molar-refractivity contribution in [2.24, 2.45) is 10.7 Å². The summed E-state index contributed by atoms with van der Waals surface area (Å²) in [7, 11) is 0. The van der Waals surface area contributed by atoms with Gasteiger partial charge < -0.3 is 25.3 Å². The van der Waals surface area contributed by atoms with Crippen LogP contribution in [-0.4, -0.2) is 17.6 Å². The highest BCUT2D eigenvalue weighted by molar-refractivity contribution is 5.92. The van der Waals surface area contributed by atoms with Crippen LogP contribution >= 0.6 is 0 Å². The zero-order valence-electron chi connectivity index (χ0n) is 14.4. The molecule has 0 saturated heterocycles. The predicted octanol–water partition coefficient (Wildman–Crippen LogP) is 3.71. The maximum atomic E-state index is 10.4. The SMILES string of the molecule is CC(O)(CN=C(N)Nc1cccc(Oc2ccccc2)c1)c1ccco1. The monoisotopic (exact) mass is 351 g/mol. The standard InChI is InChI=1S/C20H21N3O3/c1-20(24,18-11-6-12-25-18)14-22-19(21)23-15-7-5-10-17(13-15)26-16-8-3-2-4-9-16/h2-13,24H,14H2,1H3,(H3,21,22,23). The van der Waals surface area contributed by atoms with E-state index >= 15 is 0 Å². The van der Waals surface area contributed by atoms with Gasteiger partial charge in [0.2, 0.25) is 0 Å². The van der Waals surface area contributed by atoms with E-state index in [1.165, 1.54) is 6.26 Å². The molecule has 6 heteroatoms. The predicted molar refractivity (Wildman–Crippen MR) is 101 cm³/mol. The normalized spacial score (nSPS) is 13.8. The highest BCUT2D eigenvalue weighted by Crippen LogP contribution is 2.24. The topological polar surface area (TPSA) is 93.0 Å². The van der Waals surface area contributed by atoms with Crippen molar-refractivity contribution < 1.29 is 14.3 Å². The van der Waals surface area contributed by atoms with Crippen LogP contribution in [0.15, 0.2) is 82.4 Å². The van der Waals surface area contributed by atoms with Crippen molar-refractivity contribution in [2.75, 3.05) is 11.9 Å². The number of nitrogens with zero attached hydrogens (tertiary/aromatic N) is 1. The van der Waals surface area contributed by atoms with Gasteiger partial charge in [-0.3, -0.25) is 0 Å². The number of nitrogens with two attached hydrogens (primary N) is 1. The molecule has 0 fully saturated rings. The molecule has 6 nitrogen and oxygen atoms in total. The summed E-state index contributed by atoms with van der Waals surface area (Å²) in [6.07, 6.45) is 1.51. The molecule has 1 unspecified atom stereocenters. The van der Waals surface area contributed by atoms with Crippen LogP contribution in [0, 0.1) is 0 Å². The minimum Gasteiger partial charge on any atom is -0.466 e. The van der Waals surface area contributed by atoms with Crippen LogP contribution in [0.2, 0.25) is 0 Å². The number of rotatable bonds is 6. The fourth-order valence-electron chi connectivity index (χ4n) is 2.35. The molecule has 4 N–H and O–H groups in total. The van der Waals surface area contributed by atoms with Crippen molar-refractivity contribution in [3.05, 3.63) is 78.8 Å². The number of hydrogen-bond donors (Lipinski definition) is 3. The molecule has 0 spiro atoms. The summed E-state index contributed by atoms with van der Waals surface area (Å²) in [6, 6.07) is 20.3. The van der Waals surface area contributed by atoms with Gasteiger partial charge in [0.15, 0.2) is 5.96 Å². The first-order valence-electron chi connectivity index (χ1n) is 8.19. The third-order valence-electron chi connectivity index (χ3n) is 3.69. The van der Waals surface area contributed by atoms with Crippen LogP contribution in [0.5, 0.6) is 11.5 Å². The molecule has 26 heavy (non-hydrogen) atoms. The van der Waals surface area contributed by atoms with E-state index in [2.05, 4.69) is 10.3 Å². The summed E-state index contributed by atoms with van der Waals surface area (Å²) in [5, 5.41) is 13.4. The molecule has 1 aromatic heterocycles. The Morgan fingerprint density at radius 3 is 2.62 bits per heavy atom. The second-order valence-corrected chi connectivity index (χ2v) is 6.02. The largest absolute Gasteiger partial charge is 0.466 e. The lowest BCUT2D eigenvalue weighted by Gasteiger charge is -2.18. The smallest absolute Gasteiger partial charge is 0.193 e. The third-order valence-corrected chi connectivity index (χ3v) is 3.69. The zero-order valence-corrected chi connectivity index (χ0v) is 14.4. The molecule has 0 radical (unpaired) electrons. The van der Waals surface area contributed by atoms with Crippen LogP contribution in [0.3, 0.4) is 0 Å². The number of nitrogens with one attached hydrogen (secondary N) is 1. The molecular weight excluding hydrogens is 330 g/mol. The molecule has 0 aliphatic carbocycles. The fraction of sp³-hybridized carbons (Fsp3) is 0.150. The maximum absolute atomic E-state index is 10.4. The Morgan fingerprint density at radius 1 is 1.12 bits per heavy atom. The van der Waals surface area contributed by atoms with E-state index in [0.29, 0.717) is 11.5 Å². The molecular formula is C20H21N3O3. The maximum Gasteiger partial charge on any atom is 0.193 e. The Morgan fingerprint density at radius 2 is 1.88 bits per heavy atom. The van der Waals surface area contributed by atoms with Gasteiger partial charge in [-0.1, -0.05) is 24.3 Å². The number of aliphatic imine (C=N–C) groups is 1. The minimum atomic E-state index is -1.23. The lowest BCUT2D eigenvalue weighted by atomic mass is 10.0. The van der Waals surface area contributed by atoms with Crippen LogP contribution in [0.25, 0.3) is 0 Å². The molecule has 134 valence electrons. The van der Waals surface area contributed by atoms with Crippen molar-refractivity contribution in [3.8, 4) is 11.5 Å². The van der Waals surface area contributed by atoms with Crippen molar-refractivity contribution in [2.45, 2.75) is 12.5 Å². The van der Waals surface area contributed by atoms with Crippen LogP contribution in [0.4, 0.5) is 5.69 Å². The quantitative estimate of drug-likeness (QED) is 0.465. The van der Waals surface area contributed by atoms with Crippen LogP contribution in [0.1, 0.15) is 12.7 Å². The summed E-state index contributed by atoms with van der Waals surface area (Å²) >= 11 is 0. The Hall–Kier alpha value is -3.25. The molecule has 0 saturated carbocycles. The highest BCUT2D eigenvalue weighted by Gasteiger charge is 2.25. The van der Waals surface area contributed by atoms with E-state index in [1.807, 2.05) is 54.6 Å². The van der Waals surface area contributed by atoms with Gasteiger partial charge in [-0.05, 0) is 43.3 Å². The van der Waals surface area contributed by atoms with E-state index in [9.17, 15) is 5.11 Å². The lowest BCUT2D eigenvalue weighted by Crippen LogP contribution is -2.29. The van der Waals surface area contributed by atoms with Gasteiger partial charge in [-0.15, -0.1) is 0 Å². The van der Waals surface area contributed by atoms with E-state index < -0.39 is 5.60 Å². The third kappa shape index (κ3) is 4.64. The molecule has 0 aliphatic heterocycles. The van der Waals surface area contributed by atoms with Crippen molar-refractivity contribution >= 4 is 11.6 Å². The molecule has 1 heterocycles. The van der Waals surface area contributed by atoms with Gasteiger partial charge >= 0.3 is 0 Å². The number of para-hydroxylation sites is 1. The molecule has 1 atom stereocenters. The van der Waals surface area contributed by atoms with E-state index in [4.69, 9.17) is 14.9 Å². The van der Waals surface area contributed by atoms with Gasteiger partial charge in [0.25, 0.3) is 0 Å². The highest BCUT2D eigenvalue weighted by atomic mass is 16.5. The number of anilines is 1. The summed E-state index contributed by atoms with van der Waals surface area (Å²) in [6.45, 7) is 1.69. The van der Waals surface area contributed by atoms with Crippen LogP contribution in [-0.2, 0) is 5.60 Å². The van der Waals surface area contributed by atoms with Crippen molar-refractivity contribution in [1.29, 1.82) is 0 Å². The molecule has 0 aliphatic rings. The average Bonchev–Trinajstić information content (AvgIpc) is 3.17. The van der Waals surface area contributed by atoms with Gasteiger partial charge in [-0.2, -0.15) is 0 Å². The fourth-order valence-corrected chi connectivity index (χ4v) is 2.35. The van der Waals surface area contributed by atoms with Crippen LogP contribution < -0.4 is 15.8 Å². The Kier molecular flexibility index (Phi) is 5.24. The van der Waals surface area contributed by atoms with Crippen molar-refractivity contribution in [1.82, 2.24) is 0 Å². The van der Waals surface area contributed by atoms with E-state index in [-0.39, 0.29) is 12.5 Å². The minimum absolute atomic E-state index is 0.0690. The number of aliphatic hydroxyl groups is 1. The van der Waals surface area contributed by atoms with E-state index in [0.717, 1.165) is 11.4 Å². The molecule has 0 amide bonds. The van der Waals surface area contributed by atoms with Gasteiger partial charge in [0, 0.05) is 11.8 Å². The lowest BCUT2D eigenvalue weighted by molar-refractivity contribution is 0.0438. The van der Waals surface area contributed by atoms with Gasteiger partial charge in [0.05, 0.1) is 12.8 Å². The number of ether oxygens (including phenoxy) is 1. The molecule has 3 rings (SSSR count). The van der Waals surface area contributed by atoms with Gasteiger partial charge in [-0.25, -0.2) is 4.99 Å². The average molecular weight is 351 g/mol. The second-order valence-electron chi connectivity index (χ2n) is 6.02. The summed E-state index contributed by atoms with van der Waals surface area (Å²) in [4.78, 5) is 4.19. The van der Waals surface area contributed by atoms with E-state index in [1.54, 1.807) is 19.1 Å². The first-order valence-corrected chi connectivity index (χ1v) is 8.19. The number of guanidine groups is 1. The summed E-state index contributed by atoms with van der Waals surface area (Å²) in [5.41, 5.74) is 5.43. The first-order chi connectivity index (χ1) is 12.5. The van der Waals surface area contributed by atoms with Gasteiger partial charge in [0.1, 0.15) is 22.9 Å².